The maximum Gasteiger partial charge on any atom is 0.341 e. The lowest BCUT2D eigenvalue weighted by atomic mass is 10.0. The molecule has 0 bridgehead atoms. The van der Waals surface area contributed by atoms with E-state index in [-0.39, 0.29) is 0 Å². The Bertz CT molecular complexity index is 870. The van der Waals surface area contributed by atoms with Crippen LogP contribution in [0.3, 0.4) is 0 Å². The standard InChI is InChI=1S/C20H23FN4O3/c1-13(20(26)28-22)25(2)11-14-5-7-16(8-6-14)27-12-15-10-24-19(21)18-17(15)4-3-9-23-18/h3,5-10,13,23H,4,11-12,22H2,1-2H3. The molecule has 0 amide bonds. The van der Waals surface area contributed by atoms with Gasteiger partial charge in [0.1, 0.15) is 18.4 Å². The highest BCUT2D eigenvalue weighted by molar-refractivity contribution is 5.74. The van der Waals surface area contributed by atoms with Gasteiger partial charge in [0.2, 0.25) is 5.95 Å². The molecule has 28 heavy (non-hydrogen) atoms. The van der Waals surface area contributed by atoms with Crippen molar-refractivity contribution in [3.63, 3.8) is 0 Å². The number of nitrogens with zero attached hydrogens (tertiary/aromatic N) is 2. The van der Waals surface area contributed by atoms with Crippen molar-refractivity contribution in [1.82, 2.24) is 9.88 Å². The monoisotopic (exact) mass is 386 g/mol. The van der Waals surface area contributed by atoms with Crippen molar-refractivity contribution < 1.29 is 18.8 Å². The van der Waals surface area contributed by atoms with E-state index in [9.17, 15) is 9.18 Å². The van der Waals surface area contributed by atoms with E-state index < -0.39 is 18.0 Å². The van der Waals surface area contributed by atoms with Gasteiger partial charge in [0.15, 0.2) is 0 Å². The third-order valence-electron chi connectivity index (χ3n) is 4.77. The molecule has 0 spiro atoms. The van der Waals surface area contributed by atoms with E-state index in [1.807, 2.05) is 42.3 Å². The molecule has 1 aromatic carbocycles. The van der Waals surface area contributed by atoms with Crippen LogP contribution in [-0.2, 0) is 29.2 Å². The first-order valence-corrected chi connectivity index (χ1v) is 8.90. The minimum absolute atomic E-state index is 0.295. The number of hydrogen-bond donors (Lipinski definition) is 2. The molecular formula is C20H23FN4O3. The number of halogens is 1. The lowest BCUT2D eigenvalue weighted by Crippen LogP contribution is -2.37. The Labute approximate surface area is 162 Å². The number of benzene rings is 1. The fourth-order valence-electron chi connectivity index (χ4n) is 2.94. The second kappa shape index (κ2) is 8.81. The Morgan fingerprint density at radius 2 is 2.14 bits per heavy atom. The largest absolute Gasteiger partial charge is 0.489 e. The number of fused-ring (bicyclic) bond motifs is 1. The molecule has 1 atom stereocenters. The van der Waals surface area contributed by atoms with Crippen molar-refractivity contribution in [1.29, 1.82) is 0 Å². The topological polar surface area (TPSA) is 89.7 Å². The van der Waals surface area contributed by atoms with Gasteiger partial charge in [-0.25, -0.2) is 9.78 Å². The average molecular weight is 386 g/mol. The van der Waals surface area contributed by atoms with Crippen LogP contribution in [0.1, 0.15) is 23.6 Å². The summed E-state index contributed by atoms with van der Waals surface area (Å²) in [5, 5.41) is 2.90. The molecule has 0 saturated carbocycles. The van der Waals surface area contributed by atoms with Crippen LogP contribution >= 0.6 is 0 Å². The fraction of sp³-hybridized carbons (Fsp3) is 0.300. The van der Waals surface area contributed by atoms with Crippen molar-refractivity contribution in [2.75, 3.05) is 12.4 Å². The van der Waals surface area contributed by atoms with Gasteiger partial charge >= 0.3 is 5.97 Å². The summed E-state index contributed by atoms with van der Waals surface area (Å²) in [6.45, 7) is 2.59. The molecule has 0 saturated heterocycles. The number of nitrogens with one attached hydrogen (secondary N) is 1. The zero-order valence-electron chi connectivity index (χ0n) is 15.8. The molecule has 148 valence electrons. The molecule has 0 aliphatic carbocycles. The van der Waals surface area contributed by atoms with Crippen molar-refractivity contribution >= 4 is 11.7 Å². The summed E-state index contributed by atoms with van der Waals surface area (Å²) in [5.74, 6) is 4.63. The zero-order valence-corrected chi connectivity index (χ0v) is 15.8. The maximum atomic E-state index is 13.8. The van der Waals surface area contributed by atoms with Crippen LogP contribution < -0.4 is 16.0 Å². The third-order valence-corrected chi connectivity index (χ3v) is 4.77. The lowest BCUT2D eigenvalue weighted by Gasteiger charge is -2.22. The average Bonchev–Trinajstić information content (AvgIpc) is 2.73. The number of rotatable bonds is 7. The summed E-state index contributed by atoms with van der Waals surface area (Å²) < 4.78 is 19.6. The first-order chi connectivity index (χ1) is 13.5. The fourth-order valence-corrected chi connectivity index (χ4v) is 2.94. The van der Waals surface area contributed by atoms with Crippen LogP contribution in [0.4, 0.5) is 10.1 Å². The van der Waals surface area contributed by atoms with Gasteiger partial charge < -0.3 is 14.9 Å². The van der Waals surface area contributed by atoms with Crippen molar-refractivity contribution in [3.8, 4) is 5.75 Å². The molecule has 1 aromatic heterocycles. The van der Waals surface area contributed by atoms with Crippen molar-refractivity contribution in [3.05, 3.63) is 65.4 Å². The van der Waals surface area contributed by atoms with Crippen LogP contribution in [-0.4, -0.2) is 28.9 Å². The van der Waals surface area contributed by atoms with Gasteiger partial charge in [-0.15, -0.1) is 0 Å². The van der Waals surface area contributed by atoms with E-state index in [1.54, 1.807) is 13.1 Å². The number of aromatic nitrogens is 1. The van der Waals surface area contributed by atoms with Crippen LogP contribution in [0, 0.1) is 5.95 Å². The molecule has 8 heteroatoms. The van der Waals surface area contributed by atoms with E-state index >= 15 is 0 Å². The molecule has 2 heterocycles. The smallest absolute Gasteiger partial charge is 0.341 e. The number of pyridine rings is 1. The zero-order chi connectivity index (χ0) is 20.1. The van der Waals surface area contributed by atoms with E-state index in [4.69, 9.17) is 10.6 Å². The second-order valence-corrected chi connectivity index (χ2v) is 6.64. The molecule has 7 nitrogen and oxygen atoms in total. The Balaban J connectivity index is 1.61. The minimum Gasteiger partial charge on any atom is -0.489 e. The summed E-state index contributed by atoms with van der Waals surface area (Å²) in [6.07, 6.45) is 5.78. The first kappa shape index (κ1) is 19.8. The van der Waals surface area contributed by atoms with Crippen LogP contribution in [0.25, 0.3) is 0 Å². The summed E-state index contributed by atoms with van der Waals surface area (Å²) in [4.78, 5) is 21.4. The third kappa shape index (κ3) is 4.47. The highest BCUT2D eigenvalue weighted by Gasteiger charge is 2.19. The van der Waals surface area contributed by atoms with Gasteiger partial charge in [-0.1, -0.05) is 18.2 Å². The van der Waals surface area contributed by atoms with Crippen LogP contribution in [0.2, 0.25) is 0 Å². The van der Waals surface area contributed by atoms with Crippen LogP contribution in [0.5, 0.6) is 5.75 Å². The van der Waals surface area contributed by atoms with Gasteiger partial charge in [0.25, 0.3) is 0 Å². The number of carbonyl (C=O) groups excluding carboxylic acids is 1. The van der Waals surface area contributed by atoms with Crippen molar-refractivity contribution in [2.24, 2.45) is 5.90 Å². The predicted molar refractivity (Wildman–Crippen MR) is 103 cm³/mol. The SMILES string of the molecule is CC(C(=O)ON)N(C)Cc1ccc(OCc2cnc(F)c3c2CC=CN3)cc1. The maximum absolute atomic E-state index is 13.8. The van der Waals surface area contributed by atoms with Gasteiger partial charge in [-0.2, -0.15) is 10.3 Å². The van der Waals surface area contributed by atoms with Gasteiger partial charge in [0.05, 0.1) is 5.69 Å². The molecule has 0 fully saturated rings. The van der Waals surface area contributed by atoms with Crippen molar-refractivity contribution in [2.45, 2.75) is 32.5 Å². The van der Waals surface area contributed by atoms with E-state index in [2.05, 4.69) is 15.1 Å². The van der Waals surface area contributed by atoms with E-state index in [0.717, 1.165) is 16.7 Å². The van der Waals surface area contributed by atoms with E-state index in [1.165, 1.54) is 6.20 Å². The molecule has 2 aromatic rings. The lowest BCUT2D eigenvalue weighted by molar-refractivity contribution is -0.149. The predicted octanol–water partition coefficient (Wildman–Crippen LogP) is 2.52. The second-order valence-electron chi connectivity index (χ2n) is 6.64. The number of ether oxygens (including phenoxy) is 1. The molecular weight excluding hydrogens is 363 g/mol. The summed E-state index contributed by atoms with van der Waals surface area (Å²) in [6, 6.07) is 7.12. The first-order valence-electron chi connectivity index (χ1n) is 8.90. The van der Waals surface area contributed by atoms with E-state index in [0.29, 0.717) is 31.0 Å². The molecule has 1 aliphatic heterocycles. The van der Waals surface area contributed by atoms with Crippen LogP contribution in [0.15, 0.2) is 42.7 Å². The van der Waals surface area contributed by atoms with Gasteiger partial charge in [0, 0.05) is 18.3 Å². The Morgan fingerprint density at radius 3 is 2.86 bits per heavy atom. The highest BCUT2D eigenvalue weighted by Crippen LogP contribution is 2.27. The number of carbonyl (C=O) groups is 1. The quantitative estimate of drug-likeness (QED) is 0.558. The van der Waals surface area contributed by atoms with Gasteiger partial charge in [-0.05, 0) is 49.9 Å². The molecule has 0 radical (unpaired) electrons. The number of likely N-dealkylation sites (N-methyl/N-ethyl adjacent to an activating group) is 1. The normalized spacial score (nSPS) is 13.6. The summed E-state index contributed by atoms with van der Waals surface area (Å²) in [7, 11) is 1.82. The number of nitrogens with two attached hydrogens (primary N) is 1. The number of anilines is 1. The Kier molecular flexibility index (Phi) is 6.23. The Hall–Kier alpha value is -2.97. The number of hydrogen-bond acceptors (Lipinski definition) is 7. The Morgan fingerprint density at radius 1 is 1.39 bits per heavy atom. The highest BCUT2D eigenvalue weighted by atomic mass is 19.1. The van der Waals surface area contributed by atoms with Gasteiger partial charge in [-0.3, -0.25) is 4.90 Å². The molecule has 3 rings (SSSR count). The number of allylic oxidation sites excluding steroid dienone is 1. The molecule has 1 aliphatic rings. The molecule has 1 unspecified atom stereocenters. The summed E-state index contributed by atoms with van der Waals surface area (Å²) >= 11 is 0. The summed E-state index contributed by atoms with van der Waals surface area (Å²) in [5.41, 5.74) is 3.12. The minimum atomic E-state index is -0.510. The molecule has 3 N–H and O–H groups in total.